The van der Waals surface area contributed by atoms with Crippen LogP contribution in [0.2, 0.25) is 0 Å². The van der Waals surface area contributed by atoms with Gasteiger partial charge in [-0.05, 0) is 25.6 Å². The fourth-order valence-electron chi connectivity index (χ4n) is 2.13. The van der Waals surface area contributed by atoms with Gasteiger partial charge in [0.1, 0.15) is 0 Å². The molecule has 0 bridgehead atoms. The van der Waals surface area contributed by atoms with Gasteiger partial charge in [0.2, 0.25) is 0 Å². The lowest BCUT2D eigenvalue weighted by Gasteiger charge is -2.20. The van der Waals surface area contributed by atoms with Gasteiger partial charge < -0.3 is 10.2 Å². The highest BCUT2D eigenvalue weighted by Crippen LogP contribution is 2.23. The van der Waals surface area contributed by atoms with Crippen molar-refractivity contribution < 1.29 is 4.79 Å². The van der Waals surface area contributed by atoms with E-state index in [4.69, 9.17) is 0 Å². The van der Waals surface area contributed by atoms with Crippen molar-refractivity contribution in [2.45, 2.75) is 6.92 Å². The molecule has 1 fully saturated rings. The van der Waals surface area contributed by atoms with Crippen molar-refractivity contribution in [2.75, 3.05) is 38.1 Å². The summed E-state index contributed by atoms with van der Waals surface area (Å²) in [7, 11) is 1.90. The van der Waals surface area contributed by atoms with Crippen molar-refractivity contribution in [2.24, 2.45) is 0 Å². The molecule has 4 heteroatoms. The van der Waals surface area contributed by atoms with Crippen molar-refractivity contribution in [3.05, 3.63) is 29.8 Å². The Labute approximate surface area is 102 Å². The Balaban J connectivity index is 2.10. The van der Waals surface area contributed by atoms with Crippen LogP contribution in [-0.2, 0) is 0 Å². The van der Waals surface area contributed by atoms with Gasteiger partial charge in [-0.1, -0.05) is 18.2 Å². The molecule has 4 nitrogen and oxygen atoms in total. The number of nitrogens with zero attached hydrogens (tertiary/aromatic N) is 2. The number of likely N-dealkylation sites (N-methyl/N-ethyl adjacent to an activating group) is 1. The summed E-state index contributed by atoms with van der Waals surface area (Å²) in [6.45, 7) is 5.26. The lowest BCUT2D eigenvalue weighted by molar-refractivity contribution is 0.221. The maximum Gasteiger partial charge on any atom is 0.324 e. The van der Waals surface area contributed by atoms with Crippen molar-refractivity contribution in [3.8, 4) is 0 Å². The molecular weight excluding hydrogens is 214 g/mol. The summed E-state index contributed by atoms with van der Waals surface area (Å²) in [5.41, 5.74) is 2.18. The number of urea groups is 1. The van der Waals surface area contributed by atoms with Gasteiger partial charge in [0.15, 0.2) is 0 Å². The van der Waals surface area contributed by atoms with Gasteiger partial charge in [-0.2, -0.15) is 0 Å². The van der Waals surface area contributed by atoms with Crippen molar-refractivity contribution in [3.63, 3.8) is 0 Å². The number of nitrogens with one attached hydrogen (secondary N) is 1. The number of anilines is 1. The zero-order valence-electron chi connectivity index (χ0n) is 10.4. The minimum absolute atomic E-state index is 0.120. The SMILES string of the molecule is CNCCN1CCN(c2ccccc2C)C1=O. The molecule has 17 heavy (non-hydrogen) atoms. The molecule has 2 amide bonds. The molecule has 1 aliphatic rings. The van der Waals surface area contributed by atoms with Gasteiger partial charge in [0, 0.05) is 31.9 Å². The molecule has 1 heterocycles. The molecule has 0 unspecified atom stereocenters. The van der Waals surface area contributed by atoms with E-state index in [-0.39, 0.29) is 6.03 Å². The molecule has 0 saturated carbocycles. The number of hydrogen-bond acceptors (Lipinski definition) is 2. The van der Waals surface area contributed by atoms with E-state index in [1.54, 1.807) is 0 Å². The van der Waals surface area contributed by atoms with Gasteiger partial charge in [0.25, 0.3) is 0 Å². The molecule has 1 N–H and O–H groups in total. The fourth-order valence-corrected chi connectivity index (χ4v) is 2.13. The number of rotatable bonds is 4. The number of hydrogen-bond donors (Lipinski definition) is 1. The highest BCUT2D eigenvalue weighted by molar-refractivity contribution is 5.94. The van der Waals surface area contributed by atoms with E-state index in [1.807, 2.05) is 48.0 Å². The highest BCUT2D eigenvalue weighted by Gasteiger charge is 2.29. The first-order valence-electron chi connectivity index (χ1n) is 6.00. The van der Waals surface area contributed by atoms with Crippen LogP contribution in [0.4, 0.5) is 10.5 Å². The predicted molar refractivity (Wildman–Crippen MR) is 69.4 cm³/mol. The third-order valence-electron chi connectivity index (χ3n) is 3.13. The zero-order valence-corrected chi connectivity index (χ0v) is 10.4. The third-order valence-corrected chi connectivity index (χ3v) is 3.13. The molecule has 0 atom stereocenters. The summed E-state index contributed by atoms with van der Waals surface area (Å²) in [5, 5.41) is 3.07. The normalized spacial score (nSPS) is 15.8. The van der Waals surface area contributed by atoms with E-state index in [0.717, 1.165) is 37.4 Å². The number of amides is 2. The predicted octanol–water partition coefficient (Wildman–Crippen LogP) is 1.46. The van der Waals surface area contributed by atoms with Crippen LogP contribution in [0.5, 0.6) is 0 Å². The number of para-hydroxylation sites is 1. The summed E-state index contributed by atoms with van der Waals surface area (Å²) in [6, 6.07) is 8.15. The molecule has 2 rings (SSSR count). The van der Waals surface area contributed by atoms with Crippen LogP contribution in [0.1, 0.15) is 5.56 Å². The summed E-state index contributed by atoms with van der Waals surface area (Å²) in [6.07, 6.45) is 0. The Bertz CT molecular complexity index is 405. The van der Waals surface area contributed by atoms with Crippen LogP contribution in [0, 0.1) is 6.92 Å². The Morgan fingerprint density at radius 2 is 2.06 bits per heavy atom. The second kappa shape index (κ2) is 5.19. The summed E-state index contributed by atoms with van der Waals surface area (Å²) in [4.78, 5) is 15.9. The summed E-state index contributed by atoms with van der Waals surface area (Å²) >= 11 is 0. The third kappa shape index (κ3) is 2.42. The standard InChI is InChI=1S/C13H19N3O/c1-11-5-3-4-6-12(11)16-10-9-15(13(16)17)8-7-14-2/h3-6,14H,7-10H2,1-2H3. The van der Waals surface area contributed by atoms with Gasteiger partial charge >= 0.3 is 6.03 Å². The zero-order chi connectivity index (χ0) is 12.3. The van der Waals surface area contributed by atoms with E-state index < -0.39 is 0 Å². The quantitative estimate of drug-likeness (QED) is 0.854. The first-order chi connectivity index (χ1) is 8.24. The largest absolute Gasteiger partial charge is 0.324 e. The molecule has 0 aliphatic carbocycles. The number of aryl methyl sites for hydroxylation is 1. The lowest BCUT2D eigenvalue weighted by Crippen LogP contribution is -2.35. The maximum atomic E-state index is 12.2. The van der Waals surface area contributed by atoms with Crippen LogP contribution in [-0.4, -0.2) is 44.2 Å². The lowest BCUT2D eigenvalue weighted by atomic mass is 10.2. The highest BCUT2D eigenvalue weighted by atomic mass is 16.2. The molecule has 0 radical (unpaired) electrons. The van der Waals surface area contributed by atoms with Crippen molar-refractivity contribution >= 4 is 11.7 Å². The van der Waals surface area contributed by atoms with Crippen molar-refractivity contribution in [1.29, 1.82) is 0 Å². The number of carbonyl (C=O) groups excluding carboxylic acids is 1. The van der Waals surface area contributed by atoms with Crippen LogP contribution < -0.4 is 10.2 Å². The van der Waals surface area contributed by atoms with E-state index in [2.05, 4.69) is 5.32 Å². The minimum atomic E-state index is 0.120. The molecular formula is C13H19N3O. The van der Waals surface area contributed by atoms with E-state index in [1.165, 1.54) is 0 Å². The Kier molecular flexibility index (Phi) is 3.64. The van der Waals surface area contributed by atoms with Gasteiger partial charge in [-0.3, -0.25) is 4.90 Å². The van der Waals surface area contributed by atoms with E-state index in [0.29, 0.717) is 0 Å². The molecule has 1 saturated heterocycles. The van der Waals surface area contributed by atoms with E-state index in [9.17, 15) is 4.79 Å². The van der Waals surface area contributed by atoms with Crippen molar-refractivity contribution in [1.82, 2.24) is 10.2 Å². The summed E-state index contributed by atoms with van der Waals surface area (Å²) in [5.74, 6) is 0. The first-order valence-corrected chi connectivity index (χ1v) is 6.00. The smallest absolute Gasteiger partial charge is 0.321 e. The Morgan fingerprint density at radius 3 is 2.76 bits per heavy atom. The van der Waals surface area contributed by atoms with Crippen LogP contribution in [0.3, 0.4) is 0 Å². The second-order valence-electron chi connectivity index (χ2n) is 4.31. The Hall–Kier alpha value is -1.55. The molecule has 1 aromatic rings. The molecule has 0 spiro atoms. The van der Waals surface area contributed by atoms with Crippen LogP contribution in [0.15, 0.2) is 24.3 Å². The first kappa shape index (κ1) is 11.9. The minimum Gasteiger partial charge on any atom is -0.321 e. The second-order valence-corrected chi connectivity index (χ2v) is 4.31. The summed E-state index contributed by atoms with van der Waals surface area (Å²) < 4.78 is 0. The topological polar surface area (TPSA) is 35.6 Å². The Morgan fingerprint density at radius 1 is 1.29 bits per heavy atom. The van der Waals surface area contributed by atoms with Crippen LogP contribution in [0.25, 0.3) is 0 Å². The maximum absolute atomic E-state index is 12.2. The molecule has 0 aromatic heterocycles. The van der Waals surface area contributed by atoms with Gasteiger partial charge in [-0.15, -0.1) is 0 Å². The van der Waals surface area contributed by atoms with Crippen LogP contribution >= 0.6 is 0 Å². The van der Waals surface area contributed by atoms with E-state index >= 15 is 0 Å². The average Bonchev–Trinajstić information content (AvgIpc) is 2.69. The van der Waals surface area contributed by atoms with Gasteiger partial charge in [-0.25, -0.2) is 4.79 Å². The molecule has 1 aromatic carbocycles. The monoisotopic (exact) mass is 233 g/mol. The average molecular weight is 233 g/mol. The van der Waals surface area contributed by atoms with Gasteiger partial charge in [0.05, 0.1) is 0 Å². The molecule has 1 aliphatic heterocycles. The fraction of sp³-hybridized carbons (Fsp3) is 0.462. The molecule has 92 valence electrons. The number of carbonyl (C=O) groups is 1. The number of benzene rings is 1.